The van der Waals surface area contributed by atoms with E-state index in [4.69, 9.17) is 0 Å². The zero-order chi connectivity index (χ0) is 15.0. The smallest absolute Gasteiger partial charge is 0.274 e. The summed E-state index contributed by atoms with van der Waals surface area (Å²) in [5.74, 6) is 0.0235. The zero-order valence-electron chi connectivity index (χ0n) is 12.8. The number of aromatic nitrogens is 2. The second-order valence-electron chi connectivity index (χ2n) is 6.29. The Hall–Kier alpha value is -2.10. The van der Waals surface area contributed by atoms with Crippen molar-refractivity contribution in [3.63, 3.8) is 0 Å². The maximum atomic E-state index is 12.7. The molecule has 2 aromatic rings. The molecule has 1 fully saturated rings. The summed E-state index contributed by atoms with van der Waals surface area (Å²) in [5.41, 5.74) is 1.83. The first kappa shape index (κ1) is 13.9. The number of benzene rings is 1. The second kappa shape index (κ2) is 5.02. The molecule has 0 aliphatic carbocycles. The van der Waals surface area contributed by atoms with Crippen molar-refractivity contribution in [3.8, 4) is 0 Å². The van der Waals surface area contributed by atoms with Crippen LogP contribution in [0.1, 0.15) is 42.9 Å². The van der Waals surface area contributed by atoms with E-state index in [2.05, 4.69) is 31.1 Å². The van der Waals surface area contributed by atoms with Crippen LogP contribution in [0.15, 0.2) is 42.6 Å². The fourth-order valence-electron chi connectivity index (χ4n) is 3.18. The highest BCUT2D eigenvalue weighted by atomic mass is 16.2. The van der Waals surface area contributed by atoms with Crippen molar-refractivity contribution < 1.29 is 4.79 Å². The number of carbonyl (C=O) groups excluding carboxylic acids is 1. The van der Waals surface area contributed by atoms with Crippen molar-refractivity contribution in [2.75, 3.05) is 6.54 Å². The molecular formula is C17H21N3O. The molecule has 4 heteroatoms. The third-order valence-corrected chi connectivity index (χ3v) is 4.19. The largest absolute Gasteiger partial charge is 0.329 e. The van der Waals surface area contributed by atoms with E-state index in [1.54, 1.807) is 10.7 Å². The zero-order valence-corrected chi connectivity index (χ0v) is 12.8. The van der Waals surface area contributed by atoms with Gasteiger partial charge in [-0.25, -0.2) is 0 Å². The molecule has 1 aromatic heterocycles. The fraction of sp³-hybridized carbons (Fsp3) is 0.412. The number of hydrogen-bond donors (Lipinski definition) is 0. The first-order chi connectivity index (χ1) is 10.0. The summed E-state index contributed by atoms with van der Waals surface area (Å²) in [6, 6.07) is 12.2. The first-order valence-electron chi connectivity index (χ1n) is 7.42. The third-order valence-electron chi connectivity index (χ3n) is 4.19. The molecule has 1 aliphatic rings. The van der Waals surface area contributed by atoms with Gasteiger partial charge in [-0.15, -0.1) is 0 Å². The minimum Gasteiger partial charge on any atom is -0.329 e. The standard InChI is InChI=1S/C17H21N3O/c1-4-19-11-10-14(18-19)16(21)20-12-17(2,3)15(20)13-8-6-5-7-9-13/h5-11,15H,4,12H2,1-3H3/t15-/m1/s1. The minimum atomic E-state index is 0.0235. The molecule has 0 bridgehead atoms. The van der Waals surface area contributed by atoms with Gasteiger partial charge in [0.1, 0.15) is 5.69 Å². The molecule has 110 valence electrons. The van der Waals surface area contributed by atoms with Crippen molar-refractivity contribution in [1.29, 1.82) is 0 Å². The number of likely N-dealkylation sites (tertiary alicyclic amines) is 1. The Bertz CT molecular complexity index is 645. The normalized spacial score (nSPS) is 20.1. The molecule has 3 rings (SSSR count). The third kappa shape index (κ3) is 2.35. The van der Waals surface area contributed by atoms with Crippen LogP contribution in [0.25, 0.3) is 0 Å². The molecule has 1 saturated heterocycles. The summed E-state index contributed by atoms with van der Waals surface area (Å²) in [7, 11) is 0. The number of amides is 1. The van der Waals surface area contributed by atoms with E-state index < -0.39 is 0 Å². The lowest BCUT2D eigenvalue weighted by Crippen LogP contribution is -2.57. The topological polar surface area (TPSA) is 38.1 Å². The van der Waals surface area contributed by atoms with E-state index in [0.29, 0.717) is 5.69 Å². The van der Waals surface area contributed by atoms with Crippen molar-refractivity contribution >= 4 is 5.91 Å². The lowest BCUT2D eigenvalue weighted by atomic mass is 9.71. The summed E-state index contributed by atoms with van der Waals surface area (Å²) in [5, 5.41) is 4.33. The number of hydrogen-bond acceptors (Lipinski definition) is 2. The molecule has 1 atom stereocenters. The van der Waals surface area contributed by atoms with Gasteiger partial charge in [0.15, 0.2) is 0 Å². The van der Waals surface area contributed by atoms with Crippen LogP contribution in [-0.2, 0) is 6.54 Å². The van der Waals surface area contributed by atoms with Crippen LogP contribution < -0.4 is 0 Å². The Morgan fingerprint density at radius 2 is 2.00 bits per heavy atom. The van der Waals surface area contributed by atoms with Gasteiger partial charge in [0.05, 0.1) is 6.04 Å². The van der Waals surface area contributed by atoms with Gasteiger partial charge in [-0.2, -0.15) is 5.10 Å². The molecule has 1 amide bonds. The number of carbonyl (C=O) groups is 1. The maximum absolute atomic E-state index is 12.7. The van der Waals surface area contributed by atoms with E-state index in [1.165, 1.54) is 5.56 Å². The average molecular weight is 283 g/mol. The Balaban J connectivity index is 1.87. The summed E-state index contributed by atoms with van der Waals surface area (Å²) in [4.78, 5) is 14.6. The molecule has 1 aromatic carbocycles. The van der Waals surface area contributed by atoms with E-state index in [-0.39, 0.29) is 17.4 Å². The van der Waals surface area contributed by atoms with Gasteiger partial charge in [-0.1, -0.05) is 44.2 Å². The molecular weight excluding hydrogens is 262 g/mol. The highest BCUT2D eigenvalue weighted by Crippen LogP contribution is 2.48. The monoisotopic (exact) mass is 283 g/mol. The Kier molecular flexibility index (Phi) is 3.32. The van der Waals surface area contributed by atoms with E-state index in [0.717, 1.165) is 13.1 Å². The van der Waals surface area contributed by atoms with Crippen molar-refractivity contribution in [3.05, 3.63) is 53.9 Å². The van der Waals surface area contributed by atoms with Crippen LogP contribution in [0.5, 0.6) is 0 Å². The number of aryl methyl sites for hydroxylation is 1. The van der Waals surface area contributed by atoms with Crippen LogP contribution in [0, 0.1) is 5.41 Å². The predicted molar refractivity (Wildman–Crippen MR) is 81.9 cm³/mol. The van der Waals surface area contributed by atoms with Crippen molar-refractivity contribution in [2.45, 2.75) is 33.4 Å². The van der Waals surface area contributed by atoms with E-state index in [9.17, 15) is 4.79 Å². The summed E-state index contributed by atoms with van der Waals surface area (Å²) in [6.45, 7) is 7.98. The average Bonchev–Trinajstić information content (AvgIpc) is 2.94. The van der Waals surface area contributed by atoms with Gasteiger partial charge < -0.3 is 4.90 Å². The van der Waals surface area contributed by atoms with Gasteiger partial charge in [-0.3, -0.25) is 9.48 Å². The molecule has 0 unspecified atom stereocenters. The quantitative estimate of drug-likeness (QED) is 0.868. The summed E-state index contributed by atoms with van der Waals surface area (Å²) in [6.07, 6.45) is 1.86. The fourth-order valence-corrected chi connectivity index (χ4v) is 3.18. The van der Waals surface area contributed by atoms with Gasteiger partial charge in [0, 0.05) is 24.7 Å². The number of rotatable bonds is 3. The van der Waals surface area contributed by atoms with Crippen LogP contribution in [-0.4, -0.2) is 27.1 Å². The minimum absolute atomic E-state index is 0.0235. The molecule has 0 N–H and O–H groups in total. The van der Waals surface area contributed by atoms with Crippen molar-refractivity contribution in [1.82, 2.24) is 14.7 Å². The number of nitrogens with zero attached hydrogens (tertiary/aromatic N) is 3. The Morgan fingerprint density at radius 1 is 1.29 bits per heavy atom. The summed E-state index contributed by atoms with van der Waals surface area (Å²) >= 11 is 0. The van der Waals surface area contributed by atoms with Crippen molar-refractivity contribution in [2.24, 2.45) is 5.41 Å². The van der Waals surface area contributed by atoms with Crippen LogP contribution in [0.2, 0.25) is 0 Å². The first-order valence-corrected chi connectivity index (χ1v) is 7.42. The molecule has 21 heavy (non-hydrogen) atoms. The lowest BCUT2D eigenvalue weighted by molar-refractivity contribution is -0.0326. The SMILES string of the molecule is CCn1ccc(C(=O)N2CC(C)(C)[C@H]2c2ccccc2)n1. The Labute approximate surface area is 125 Å². The van der Waals surface area contributed by atoms with E-state index in [1.807, 2.05) is 36.2 Å². The van der Waals surface area contributed by atoms with Gasteiger partial charge >= 0.3 is 0 Å². The van der Waals surface area contributed by atoms with Crippen LogP contribution in [0.4, 0.5) is 0 Å². The molecule has 0 radical (unpaired) electrons. The Morgan fingerprint density at radius 3 is 2.57 bits per heavy atom. The highest BCUT2D eigenvalue weighted by Gasteiger charge is 2.49. The molecule has 4 nitrogen and oxygen atoms in total. The lowest BCUT2D eigenvalue weighted by Gasteiger charge is -2.54. The van der Waals surface area contributed by atoms with Gasteiger partial charge in [0.25, 0.3) is 5.91 Å². The summed E-state index contributed by atoms with van der Waals surface area (Å²) < 4.78 is 1.79. The maximum Gasteiger partial charge on any atom is 0.274 e. The van der Waals surface area contributed by atoms with E-state index >= 15 is 0 Å². The van der Waals surface area contributed by atoms with Crippen LogP contribution >= 0.6 is 0 Å². The highest BCUT2D eigenvalue weighted by molar-refractivity contribution is 5.93. The van der Waals surface area contributed by atoms with Crippen LogP contribution in [0.3, 0.4) is 0 Å². The molecule has 0 spiro atoms. The second-order valence-corrected chi connectivity index (χ2v) is 6.29. The van der Waals surface area contributed by atoms with Gasteiger partial charge in [0.2, 0.25) is 0 Å². The molecule has 2 heterocycles. The predicted octanol–water partition coefficient (Wildman–Crippen LogP) is 3.13. The van der Waals surface area contributed by atoms with Gasteiger partial charge in [-0.05, 0) is 18.6 Å². The molecule has 0 saturated carbocycles. The molecule has 1 aliphatic heterocycles.